The summed E-state index contributed by atoms with van der Waals surface area (Å²) in [6, 6.07) is 1.69. The minimum Gasteiger partial charge on any atom is -0.383 e. The van der Waals surface area contributed by atoms with Gasteiger partial charge in [-0.05, 0) is 32.8 Å². The van der Waals surface area contributed by atoms with Crippen molar-refractivity contribution in [3.05, 3.63) is 43.9 Å². The molecule has 0 atom stereocenters. The number of pyridine rings is 1. The van der Waals surface area contributed by atoms with E-state index in [0.717, 1.165) is 12.8 Å². The number of anilines is 2. The maximum atomic E-state index is 13.7. The van der Waals surface area contributed by atoms with Crippen LogP contribution in [0.4, 0.5) is 11.5 Å². The fourth-order valence-corrected chi connectivity index (χ4v) is 3.80. The van der Waals surface area contributed by atoms with Crippen LogP contribution in [0.15, 0.2) is 15.7 Å². The van der Waals surface area contributed by atoms with Crippen LogP contribution in [0.2, 0.25) is 0 Å². The van der Waals surface area contributed by atoms with Gasteiger partial charge >= 0.3 is 5.69 Å². The van der Waals surface area contributed by atoms with E-state index in [0.29, 0.717) is 41.0 Å². The van der Waals surface area contributed by atoms with Crippen LogP contribution in [-0.4, -0.2) is 36.8 Å². The van der Waals surface area contributed by atoms with Crippen LogP contribution in [0.3, 0.4) is 0 Å². The number of nitrogens with one attached hydrogen (secondary N) is 1. The van der Waals surface area contributed by atoms with Gasteiger partial charge in [0, 0.05) is 25.8 Å². The lowest BCUT2D eigenvalue weighted by Crippen LogP contribution is -2.41. The molecule has 3 heterocycles. The van der Waals surface area contributed by atoms with E-state index in [1.807, 2.05) is 20.8 Å². The SMILES string of the molecule is CCCCn1c(N)c(N(CCC)C(=O)c2cc(C)nc3c2c(C)nn3C)c(=O)[nH]c1=O. The molecular formula is C21H29N7O3. The van der Waals surface area contributed by atoms with Crippen LogP contribution in [0.5, 0.6) is 0 Å². The Kier molecular flexibility index (Phi) is 6.28. The normalized spacial score (nSPS) is 11.3. The van der Waals surface area contributed by atoms with Crippen LogP contribution in [0, 0.1) is 13.8 Å². The van der Waals surface area contributed by atoms with E-state index in [-0.39, 0.29) is 24.0 Å². The molecule has 31 heavy (non-hydrogen) atoms. The first kappa shape index (κ1) is 22.3. The second kappa shape index (κ2) is 8.75. The minimum absolute atomic E-state index is 0.00562. The lowest BCUT2D eigenvalue weighted by Gasteiger charge is -2.24. The molecule has 10 nitrogen and oxygen atoms in total. The van der Waals surface area contributed by atoms with E-state index in [4.69, 9.17) is 5.73 Å². The molecule has 0 radical (unpaired) electrons. The van der Waals surface area contributed by atoms with Gasteiger partial charge in [0.2, 0.25) is 0 Å². The molecule has 0 aliphatic rings. The van der Waals surface area contributed by atoms with Gasteiger partial charge in [-0.3, -0.25) is 23.8 Å². The highest BCUT2D eigenvalue weighted by Gasteiger charge is 2.27. The number of aromatic nitrogens is 5. The van der Waals surface area contributed by atoms with Crippen LogP contribution in [-0.2, 0) is 13.6 Å². The quantitative estimate of drug-likeness (QED) is 0.592. The van der Waals surface area contributed by atoms with Crippen LogP contribution in [0.25, 0.3) is 11.0 Å². The van der Waals surface area contributed by atoms with Crippen molar-refractivity contribution in [2.75, 3.05) is 17.2 Å². The number of rotatable bonds is 7. The minimum atomic E-state index is -0.679. The van der Waals surface area contributed by atoms with Crippen LogP contribution < -0.4 is 21.9 Å². The van der Waals surface area contributed by atoms with Crippen LogP contribution >= 0.6 is 0 Å². The highest BCUT2D eigenvalue weighted by atomic mass is 16.2. The number of H-pyrrole nitrogens is 1. The zero-order valence-corrected chi connectivity index (χ0v) is 18.7. The summed E-state index contributed by atoms with van der Waals surface area (Å²) in [6.07, 6.45) is 2.17. The largest absolute Gasteiger partial charge is 0.383 e. The molecule has 3 aromatic rings. The maximum Gasteiger partial charge on any atom is 0.330 e. The molecule has 166 valence electrons. The number of nitrogens with zero attached hydrogens (tertiary/aromatic N) is 5. The maximum absolute atomic E-state index is 13.7. The monoisotopic (exact) mass is 427 g/mol. The van der Waals surface area contributed by atoms with Crippen molar-refractivity contribution < 1.29 is 4.79 Å². The number of hydrogen-bond donors (Lipinski definition) is 2. The zero-order chi connectivity index (χ0) is 22.9. The second-order valence-electron chi connectivity index (χ2n) is 7.67. The van der Waals surface area contributed by atoms with E-state index in [9.17, 15) is 14.4 Å². The number of unbranched alkanes of at least 4 members (excludes halogenated alkanes) is 1. The van der Waals surface area contributed by atoms with Gasteiger partial charge in [-0.15, -0.1) is 0 Å². The topological polar surface area (TPSA) is 132 Å². The van der Waals surface area contributed by atoms with Gasteiger partial charge in [-0.25, -0.2) is 9.78 Å². The Labute approximate surface area is 179 Å². The Morgan fingerprint density at radius 3 is 2.58 bits per heavy atom. The summed E-state index contributed by atoms with van der Waals surface area (Å²) in [7, 11) is 1.77. The predicted molar refractivity (Wildman–Crippen MR) is 121 cm³/mol. The van der Waals surface area contributed by atoms with Gasteiger partial charge in [0.05, 0.1) is 16.6 Å². The summed E-state index contributed by atoms with van der Waals surface area (Å²) in [4.78, 5) is 47.0. The highest BCUT2D eigenvalue weighted by molar-refractivity contribution is 6.14. The number of fused-ring (bicyclic) bond motifs is 1. The van der Waals surface area contributed by atoms with E-state index in [1.54, 1.807) is 24.7 Å². The first-order valence-electron chi connectivity index (χ1n) is 10.5. The van der Waals surface area contributed by atoms with Gasteiger partial charge in [0.15, 0.2) is 11.3 Å². The van der Waals surface area contributed by atoms with Crippen molar-refractivity contribution >= 4 is 28.4 Å². The van der Waals surface area contributed by atoms with Crippen molar-refractivity contribution in [2.45, 2.75) is 53.5 Å². The molecule has 0 unspecified atom stereocenters. The van der Waals surface area contributed by atoms with Gasteiger partial charge in [-0.2, -0.15) is 5.10 Å². The summed E-state index contributed by atoms with van der Waals surface area (Å²) in [5.74, 6) is -0.389. The lowest BCUT2D eigenvalue weighted by atomic mass is 10.1. The standard InChI is InChI=1S/C21H29N7O3/c1-6-8-10-28-17(22)16(19(29)24-21(28)31)27(9-7-2)20(30)14-11-12(3)23-18-15(14)13(4)25-26(18)5/h11H,6-10,22H2,1-5H3,(H,24,29,31). The van der Waals surface area contributed by atoms with Crippen molar-refractivity contribution in [3.63, 3.8) is 0 Å². The summed E-state index contributed by atoms with van der Waals surface area (Å²) < 4.78 is 2.95. The molecule has 3 N–H and O–H groups in total. The number of nitrogen functional groups attached to an aromatic ring is 1. The smallest absolute Gasteiger partial charge is 0.330 e. The average Bonchev–Trinajstić information content (AvgIpc) is 2.99. The Balaban J connectivity index is 2.23. The molecule has 0 aromatic carbocycles. The second-order valence-corrected chi connectivity index (χ2v) is 7.67. The first-order chi connectivity index (χ1) is 14.7. The van der Waals surface area contributed by atoms with Gasteiger partial charge in [0.1, 0.15) is 5.82 Å². The number of carbonyl (C=O) groups excluding carboxylic acids is 1. The fourth-order valence-electron chi connectivity index (χ4n) is 3.80. The van der Waals surface area contributed by atoms with Crippen molar-refractivity contribution in [3.8, 4) is 0 Å². The van der Waals surface area contributed by atoms with Crippen molar-refractivity contribution in [1.29, 1.82) is 0 Å². The van der Waals surface area contributed by atoms with Gasteiger partial charge in [0.25, 0.3) is 11.5 Å². The molecule has 0 saturated carbocycles. The van der Waals surface area contributed by atoms with E-state index in [2.05, 4.69) is 15.1 Å². The van der Waals surface area contributed by atoms with Crippen molar-refractivity contribution in [1.82, 2.24) is 24.3 Å². The summed E-state index contributed by atoms with van der Waals surface area (Å²) >= 11 is 0. The summed E-state index contributed by atoms with van der Waals surface area (Å²) in [6.45, 7) is 8.13. The first-order valence-corrected chi connectivity index (χ1v) is 10.5. The fraction of sp³-hybridized carbons (Fsp3) is 0.476. The van der Waals surface area contributed by atoms with Gasteiger partial charge in [-0.1, -0.05) is 20.3 Å². The number of amides is 1. The highest BCUT2D eigenvalue weighted by Crippen LogP contribution is 2.26. The molecule has 0 spiro atoms. The third-order valence-corrected chi connectivity index (χ3v) is 5.24. The number of nitrogens with two attached hydrogens (primary N) is 1. The molecule has 3 rings (SSSR count). The van der Waals surface area contributed by atoms with Crippen molar-refractivity contribution in [2.24, 2.45) is 7.05 Å². The molecule has 0 aliphatic carbocycles. The molecule has 0 aliphatic heterocycles. The Morgan fingerprint density at radius 1 is 1.23 bits per heavy atom. The molecule has 0 bridgehead atoms. The van der Waals surface area contributed by atoms with E-state index >= 15 is 0 Å². The number of aryl methyl sites for hydroxylation is 3. The molecule has 10 heteroatoms. The van der Waals surface area contributed by atoms with Gasteiger partial charge < -0.3 is 10.6 Å². The summed E-state index contributed by atoms with van der Waals surface area (Å²) in [5.41, 5.74) is 7.32. The third kappa shape index (κ3) is 3.97. The number of aromatic amines is 1. The van der Waals surface area contributed by atoms with E-state index in [1.165, 1.54) is 9.47 Å². The van der Waals surface area contributed by atoms with Crippen LogP contribution in [0.1, 0.15) is 54.9 Å². The molecule has 0 saturated heterocycles. The molecule has 3 aromatic heterocycles. The van der Waals surface area contributed by atoms with E-state index < -0.39 is 11.2 Å². The molecular weight excluding hydrogens is 398 g/mol. The molecule has 0 fully saturated rings. The third-order valence-electron chi connectivity index (χ3n) is 5.24. The Hall–Kier alpha value is -3.43. The number of hydrogen-bond acceptors (Lipinski definition) is 6. The molecule has 1 amide bonds. The predicted octanol–water partition coefficient (Wildman–Crippen LogP) is 1.87. The zero-order valence-electron chi connectivity index (χ0n) is 18.7. The lowest BCUT2D eigenvalue weighted by molar-refractivity contribution is 0.0988. The summed E-state index contributed by atoms with van der Waals surface area (Å²) in [5, 5.41) is 5.03. The Morgan fingerprint density at radius 2 is 1.94 bits per heavy atom. The number of carbonyl (C=O) groups is 1. The Bertz CT molecular complexity index is 1250. The average molecular weight is 428 g/mol.